The van der Waals surface area contributed by atoms with E-state index in [2.05, 4.69) is 5.16 Å². The van der Waals surface area contributed by atoms with E-state index >= 15 is 0 Å². The Balaban J connectivity index is 1.45. The second kappa shape index (κ2) is 4.93. The highest BCUT2D eigenvalue weighted by Crippen LogP contribution is 2.58. The van der Waals surface area contributed by atoms with Gasteiger partial charge in [0.05, 0.1) is 12.1 Å². The maximum Gasteiger partial charge on any atom is 0.335 e. The molecule has 4 aliphatic carbocycles. The number of urea groups is 1. The molecule has 0 atom stereocenters. The van der Waals surface area contributed by atoms with Gasteiger partial charge in [0.25, 0.3) is 0 Å². The second-order valence-electron chi connectivity index (χ2n) is 8.39. The molecule has 0 unspecified atom stereocenters. The number of rotatable bonds is 3. The minimum absolute atomic E-state index is 0.0103. The lowest BCUT2D eigenvalue weighted by molar-refractivity contribution is -0.150. The maximum atomic E-state index is 13.0. The number of aryl methyl sites for hydroxylation is 1. The van der Waals surface area contributed by atoms with Crippen LogP contribution in [0.25, 0.3) is 0 Å². The highest BCUT2D eigenvalue weighted by molar-refractivity contribution is 6.44. The number of carbonyl (C=O) groups excluding carboxylic acids is 3. The molecule has 4 amide bonds. The van der Waals surface area contributed by atoms with E-state index < -0.39 is 23.4 Å². The Kier molecular flexibility index (Phi) is 2.98. The van der Waals surface area contributed by atoms with Gasteiger partial charge in [0.1, 0.15) is 11.5 Å². The van der Waals surface area contributed by atoms with Crippen LogP contribution in [0.3, 0.4) is 0 Å². The van der Waals surface area contributed by atoms with Crippen LogP contribution in [0, 0.1) is 24.7 Å². The average Bonchev–Trinajstić information content (AvgIpc) is 3.03. The fraction of sp³-hybridized carbons (Fsp3) is 0.667. The molecule has 7 nitrogen and oxygen atoms in total. The van der Waals surface area contributed by atoms with Crippen LogP contribution in [0.2, 0.25) is 0 Å². The number of hydrogen-bond acceptors (Lipinski definition) is 5. The molecule has 1 aliphatic heterocycles. The van der Waals surface area contributed by atoms with Crippen molar-refractivity contribution in [2.75, 3.05) is 0 Å². The van der Waals surface area contributed by atoms with Gasteiger partial charge in [0.2, 0.25) is 0 Å². The first kappa shape index (κ1) is 15.1. The molecule has 4 bridgehead atoms. The summed E-state index contributed by atoms with van der Waals surface area (Å²) < 4.78 is 5.00. The van der Waals surface area contributed by atoms with Crippen LogP contribution in [0.1, 0.15) is 50.0 Å². The van der Waals surface area contributed by atoms with Gasteiger partial charge in [-0.25, -0.2) is 14.6 Å². The Morgan fingerprint density at radius 2 is 1.68 bits per heavy atom. The number of aromatic nitrogens is 1. The number of hydrogen-bond donors (Lipinski definition) is 0. The summed E-state index contributed by atoms with van der Waals surface area (Å²) in [5, 5.41) is 3.84. The van der Waals surface area contributed by atoms with Gasteiger partial charge in [-0.15, -0.1) is 0 Å². The molecule has 6 rings (SSSR count). The van der Waals surface area contributed by atoms with E-state index in [1.54, 1.807) is 13.0 Å². The third kappa shape index (κ3) is 2.10. The van der Waals surface area contributed by atoms with Gasteiger partial charge in [-0.2, -0.15) is 0 Å². The first-order chi connectivity index (χ1) is 11.9. The lowest BCUT2D eigenvalue weighted by atomic mass is 9.52. The Bertz CT molecular complexity index is 748. The van der Waals surface area contributed by atoms with Gasteiger partial charge in [-0.1, -0.05) is 5.16 Å². The van der Waals surface area contributed by atoms with Crippen LogP contribution in [0.4, 0.5) is 4.79 Å². The van der Waals surface area contributed by atoms with Crippen molar-refractivity contribution in [3.8, 4) is 0 Å². The van der Waals surface area contributed by atoms with Gasteiger partial charge in [-0.05, 0) is 63.2 Å². The zero-order chi connectivity index (χ0) is 17.3. The third-order valence-electron chi connectivity index (χ3n) is 6.53. The molecule has 2 heterocycles. The fourth-order valence-corrected chi connectivity index (χ4v) is 6.06. The van der Waals surface area contributed by atoms with Crippen molar-refractivity contribution in [3.05, 3.63) is 17.5 Å². The van der Waals surface area contributed by atoms with Crippen LogP contribution in [0.15, 0.2) is 10.6 Å². The first-order valence-corrected chi connectivity index (χ1v) is 9.07. The molecule has 0 N–H and O–H groups in total. The average molecular weight is 343 g/mol. The summed E-state index contributed by atoms with van der Waals surface area (Å²) in [7, 11) is 0. The standard InChI is InChI=1S/C18H21N3O4/c1-10-2-14(19-25-10)9-20-15(22)16(23)21(17(20)24)18-6-11-3-12(7-18)5-13(4-11)8-18/h2,11-13H,3-9H2,1H3. The molecular formula is C18H21N3O4. The molecule has 1 saturated heterocycles. The molecule has 25 heavy (non-hydrogen) atoms. The minimum Gasteiger partial charge on any atom is -0.361 e. The van der Waals surface area contributed by atoms with Crippen molar-refractivity contribution in [1.82, 2.24) is 15.0 Å². The Morgan fingerprint density at radius 3 is 2.20 bits per heavy atom. The van der Waals surface area contributed by atoms with E-state index in [-0.39, 0.29) is 6.54 Å². The van der Waals surface area contributed by atoms with Crippen molar-refractivity contribution in [2.24, 2.45) is 17.8 Å². The van der Waals surface area contributed by atoms with Gasteiger partial charge >= 0.3 is 17.8 Å². The summed E-state index contributed by atoms with van der Waals surface area (Å²) >= 11 is 0. The van der Waals surface area contributed by atoms with Crippen molar-refractivity contribution < 1.29 is 18.9 Å². The molecule has 7 heteroatoms. The van der Waals surface area contributed by atoms with E-state index in [0.29, 0.717) is 29.2 Å². The summed E-state index contributed by atoms with van der Waals surface area (Å²) in [5.74, 6) is 0.990. The summed E-state index contributed by atoms with van der Waals surface area (Å²) in [6.07, 6.45) is 6.23. The molecule has 5 aliphatic rings. The van der Waals surface area contributed by atoms with Crippen LogP contribution in [0.5, 0.6) is 0 Å². The molecule has 5 fully saturated rings. The van der Waals surface area contributed by atoms with Crippen LogP contribution in [-0.4, -0.2) is 38.3 Å². The Morgan fingerprint density at radius 1 is 1.08 bits per heavy atom. The van der Waals surface area contributed by atoms with Gasteiger partial charge in [-0.3, -0.25) is 9.59 Å². The second-order valence-corrected chi connectivity index (χ2v) is 8.39. The van der Waals surface area contributed by atoms with Crippen molar-refractivity contribution >= 4 is 17.8 Å². The first-order valence-electron chi connectivity index (χ1n) is 9.07. The SMILES string of the molecule is Cc1cc(CN2C(=O)C(=O)N(C34CC5CC(CC(C5)C3)C4)C2=O)no1. The predicted molar refractivity (Wildman–Crippen MR) is 84.9 cm³/mol. The summed E-state index contributed by atoms with van der Waals surface area (Å²) in [4.78, 5) is 40.5. The summed E-state index contributed by atoms with van der Waals surface area (Å²) in [6.45, 7) is 1.74. The zero-order valence-corrected chi connectivity index (χ0v) is 14.2. The molecular weight excluding hydrogens is 322 g/mol. The molecule has 132 valence electrons. The van der Waals surface area contributed by atoms with Gasteiger partial charge < -0.3 is 4.52 Å². The minimum atomic E-state index is -0.735. The van der Waals surface area contributed by atoms with Crippen molar-refractivity contribution in [2.45, 2.75) is 57.5 Å². The Hall–Kier alpha value is -2.18. The van der Waals surface area contributed by atoms with E-state index in [1.807, 2.05) is 0 Å². The third-order valence-corrected chi connectivity index (χ3v) is 6.53. The van der Waals surface area contributed by atoms with Crippen molar-refractivity contribution in [1.29, 1.82) is 0 Å². The summed E-state index contributed by atoms with van der Waals surface area (Å²) in [5.41, 5.74) is 0.0481. The van der Waals surface area contributed by atoms with Crippen LogP contribution in [-0.2, 0) is 16.1 Å². The van der Waals surface area contributed by atoms with E-state index in [9.17, 15) is 14.4 Å². The smallest absolute Gasteiger partial charge is 0.335 e. The van der Waals surface area contributed by atoms with E-state index in [0.717, 1.165) is 24.2 Å². The van der Waals surface area contributed by atoms with Gasteiger partial charge in [0, 0.05) is 6.07 Å². The van der Waals surface area contributed by atoms with Crippen LogP contribution >= 0.6 is 0 Å². The fourth-order valence-electron chi connectivity index (χ4n) is 6.06. The highest BCUT2D eigenvalue weighted by Gasteiger charge is 2.61. The Labute approximate surface area is 145 Å². The molecule has 0 radical (unpaired) electrons. The largest absolute Gasteiger partial charge is 0.361 e. The predicted octanol–water partition coefficient (Wildman–Crippen LogP) is 2.24. The molecule has 1 aromatic rings. The topological polar surface area (TPSA) is 83.7 Å². The number of nitrogens with zero attached hydrogens (tertiary/aromatic N) is 3. The monoisotopic (exact) mass is 343 g/mol. The molecule has 0 spiro atoms. The van der Waals surface area contributed by atoms with Crippen molar-refractivity contribution in [3.63, 3.8) is 0 Å². The van der Waals surface area contributed by atoms with E-state index in [1.165, 1.54) is 24.2 Å². The normalized spacial score (nSPS) is 36.8. The molecule has 0 aromatic carbocycles. The quantitative estimate of drug-likeness (QED) is 0.621. The van der Waals surface area contributed by atoms with Gasteiger partial charge in [0.15, 0.2) is 0 Å². The molecule has 4 saturated carbocycles. The summed E-state index contributed by atoms with van der Waals surface area (Å²) in [6, 6.07) is 1.20. The zero-order valence-electron chi connectivity index (χ0n) is 14.2. The maximum absolute atomic E-state index is 13.0. The number of carbonyl (C=O) groups is 3. The van der Waals surface area contributed by atoms with E-state index in [4.69, 9.17) is 4.52 Å². The molecule has 1 aromatic heterocycles. The number of amides is 4. The lowest BCUT2D eigenvalue weighted by Crippen LogP contribution is -2.61. The van der Waals surface area contributed by atoms with Crippen LogP contribution < -0.4 is 0 Å². The lowest BCUT2D eigenvalue weighted by Gasteiger charge is -2.58. The number of imide groups is 2. The highest BCUT2D eigenvalue weighted by atomic mass is 16.5.